The van der Waals surface area contributed by atoms with Crippen molar-refractivity contribution in [3.63, 3.8) is 0 Å². The Kier molecular flexibility index (Phi) is 7.06. The van der Waals surface area contributed by atoms with Gasteiger partial charge in [0.2, 0.25) is 0 Å². The van der Waals surface area contributed by atoms with Crippen molar-refractivity contribution in [3.05, 3.63) is 63.5 Å². The molecule has 3 heterocycles. The number of hydrogen-bond donors (Lipinski definition) is 1. The van der Waals surface area contributed by atoms with Gasteiger partial charge in [-0.15, -0.1) is 0 Å². The summed E-state index contributed by atoms with van der Waals surface area (Å²) in [6, 6.07) is 5.10. The van der Waals surface area contributed by atoms with E-state index in [1.807, 2.05) is 0 Å². The highest BCUT2D eigenvalue weighted by molar-refractivity contribution is 5.53. The molecule has 1 fully saturated rings. The summed E-state index contributed by atoms with van der Waals surface area (Å²) < 4.78 is 57.4. The summed E-state index contributed by atoms with van der Waals surface area (Å²) in [4.78, 5) is 4.93. The normalized spacial score (nSPS) is 20.7. The van der Waals surface area contributed by atoms with E-state index >= 15 is 0 Å². The first-order valence-corrected chi connectivity index (χ1v) is 11.7. The number of fused-ring (bicyclic) bond motifs is 2. The molecule has 5 nitrogen and oxygen atoms in total. The van der Waals surface area contributed by atoms with Gasteiger partial charge in [-0.3, -0.25) is 4.98 Å². The van der Waals surface area contributed by atoms with Crippen LogP contribution < -0.4 is 0 Å². The topological polar surface area (TPSA) is 60.8 Å². The lowest BCUT2D eigenvalue weighted by Crippen LogP contribution is -2.35. The lowest BCUT2D eigenvalue weighted by molar-refractivity contribution is -0.137. The Labute approximate surface area is 198 Å². The van der Waals surface area contributed by atoms with Crippen molar-refractivity contribution in [2.45, 2.75) is 70.6 Å². The van der Waals surface area contributed by atoms with Crippen LogP contribution in [0.2, 0.25) is 0 Å². The molecule has 1 N–H and O–H groups in total. The molecule has 1 saturated heterocycles. The smallest absolute Gasteiger partial charge is 0.389 e. The molecule has 0 amide bonds. The second kappa shape index (κ2) is 9.57. The first-order chi connectivity index (χ1) is 16.1. The van der Waals surface area contributed by atoms with E-state index in [2.05, 4.69) is 13.8 Å². The second-order valence-electron chi connectivity index (χ2n) is 9.64. The summed E-state index contributed by atoms with van der Waals surface area (Å²) >= 11 is 0. The number of rotatable bonds is 6. The Morgan fingerprint density at radius 2 is 1.76 bits per heavy atom. The van der Waals surface area contributed by atoms with E-state index in [0.29, 0.717) is 49.7 Å². The number of aliphatic hydroxyl groups excluding tert-OH is 1. The van der Waals surface area contributed by atoms with E-state index in [1.54, 1.807) is 14.0 Å². The van der Waals surface area contributed by atoms with Gasteiger partial charge in [-0.1, -0.05) is 26.0 Å². The van der Waals surface area contributed by atoms with Crippen molar-refractivity contribution < 1.29 is 32.5 Å². The van der Waals surface area contributed by atoms with Crippen LogP contribution in [0.5, 0.6) is 0 Å². The number of ether oxygens (including phenoxy) is 3. The zero-order valence-corrected chi connectivity index (χ0v) is 20.0. The Hall–Kier alpha value is -2.00. The van der Waals surface area contributed by atoms with Crippen molar-refractivity contribution in [2.75, 3.05) is 20.3 Å². The van der Waals surface area contributed by atoms with Crippen molar-refractivity contribution in [3.8, 4) is 0 Å². The summed E-state index contributed by atoms with van der Waals surface area (Å²) in [5, 5.41) is 10.9. The summed E-state index contributed by atoms with van der Waals surface area (Å²) in [5.41, 5.74) is 3.20. The minimum absolute atomic E-state index is 0.237. The van der Waals surface area contributed by atoms with Gasteiger partial charge in [0.05, 0.1) is 29.6 Å². The third-order valence-electron chi connectivity index (χ3n) is 6.63. The summed E-state index contributed by atoms with van der Waals surface area (Å²) in [6.45, 7) is 7.17. The maximum atomic E-state index is 13.2. The molecule has 2 aliphatic heterocycles. The standard InChI is InChI=1S/C26H32F3NO4/c1-15(2)13-19-21(16(3)31)23-22(20(30-19)14-32-4)24(34-25(23)9-11-33-12-10-25)17-5-7-18(8-6-17)26(27,28)29/h5-8,15-16,24,31H,9-14H2,1-4H3. The van der Waals surface area contributed by atoms with Gasteiger partial charge in [0, 0.05) is 50.0 Å². The monoisotopic (exact) mass is 479 g/mol. The molecule has 0 saturated carbocycles. The van der Waals surface area contributed by atoms with Gasteiger partial charge in [0.1, 0.15) is 6.10 Å². The van der Waals surface area contributed by atoms with Crippen molar-refractivity contribution >= 4 is 0 Å². The number of halogens is 3. The quantitative estimate of drug-likeness (QED) is 0.582. The van der Waals surface area contributed by atoms with Crippen LogP contribution >= 0.6 is 0 Å². The Morgan fingerprint density at radius 1 is 1.12 bits per heavy atom. The van der Waals surface area contributed by atoms with Crippen LogP contribution in [0.4, 0.5) is 13.2 Å². The molecule has 1 aromatic heterocycles. The SMILES string of the molecule is COCc1nc(CC(C)C)c(C(C)O)c2c1C(c1ccc(C(F)(F)F)cc1)OC21CCOCC1. The minimum atomic E-state index is -4.41. The summed E-state index contributed by atoms with van der Waals surface area (Å²) in [7, 11) is 1.59. The lowest BCUT2D eigenvalue weighted by atomic mass is 9.79. The fraction of sp³-hybridized carbons (Fsp3) is 0.577. The van der Waals surface area contributed by atoms with Crippen molar-refractivity contribution in [1.82, 2.24) is 4.98 Å². The molecule has 1 aromatic carbocycles. The molecule has 2 unspecified atom stereocenters. The number of pyridine rings is 1. The van der Waals surface area contributed by atoms with Gasteiger partial charge in [0.15, 0.2) is 0 Å². The van der Waals surface area contributed by atoms with Crippen LogP contribution in [-0.2, 0) is 39.0 Å². The molecular formula is C26H32F3NO4. The average Bonchev–Trinajstić information content (AvgIpc) is 3.08. The number of hydrogen-bond acceptors (Lipinski definition) is 5. The first-order valence-electron chi connectivity index (χ1n) is 11.7. The maximum absolute atomic E-state index is 13.2. The summed E-state index contributed by atoms with van der Waals surface area (Å²) in [5.74, 6) is 0.317. The fourth-order valence-electron chi connectivity index (χ4n) is 5.22. The number of aromatic nitrogens is 1. The number of benzene rings is 1. The van der Waals surface area contributed by atoms with Crippen LogP contribution in [-0.4, -0.2) is 30.4 Å². The predicted molar refractivity (Wildman–Crippen MR) is 120 cm³/mol. The first kappa shape index (κ1) is 25.1. The minimum Gasteiger partial charge on any atom is -0.389 e. The molecular weight excluding hydrogens is 447 g/mol. The molecule has 8 heteroatoms. The van der Waals surface area contributed by atoms with Gasteiger partial charge in [0.25, 0.3) is 0 Å². The van der Waals surface area contributed by atoms with Crippen LogP contribution in [0.3, 0.4) is 0 Å². The molecule has 0 bridgehead atoms. The number of alkyl halides is 3. The number of aliphatic hydroxyl groups is 1. The Morgan fingerprint density at radius 3 is 2.29 bits per heavy atom. The molecule has 2 aliphatic rings. The molecule has 34 heavy (non-hydrogen) atoms. The highest BCUT2D eigenvalue weighted by Crippen LogP contribution is 2.55. The molecule has 2 atom stereocenters. The van der Waals surface area contributed by atoms with Gasteiger partial charge in [-0.25, -0.2) is 0 Å². The largest absolute Gasteiger partial charge is 0.416 e. The molecule has 2 aromatic rings. The Bertz CT molecular complexity index is 1010. The highest BCUT2D eigenvalue weighted by atomic mass is 19.4. The van der Waals surface area contributed by atoms with Gasteiger partial charge < -0.3 is 19.3 Å². The maximum Gasteiger partial charge on any atom is 0.416 e. The van der Waals surface area contributed by atoms with Crippen LogP contribution in [0.15, 0.2) is 24.3 Å². The average molecular weight is 480 g/mol. The highest BCUT2D eigenvalue weighted by Gasteiger charge is 2.50. The van der Waals surface area contributed by atoms with E-state index in [-0.39, 0.29) is 6.61 Å². The molecule has 0 radical (unpaired) electrons. The molecule has 0 aliphatic carbocycles. The van der Waals surface area contributed by atoms with E-state index in [1.165, 1.54) is 12.1 Å². The fourth-order valence-corrected chi connectivity index (χ4v) is 5.22. The van der Waals surface area contributed by atoms with Crippen LogP contribution in [0.25, 0.3) is 0 Å². The van der Waals surface area contributed by atoms with Crippen LogP contribution in [0, 0.1) is 5.92 Å². The zero-order valence-electron chi connectivity index (χ0n) is 20.0. The number of nitrogens with zero attached hydrogens (tertiary/aromatic N) is 1. The van der Waals surface area contributed by atoms with E-state index in [9.17, 15) is 18.3 Å². The van der Waals surface area contributed by atoms with Crippen LogP contribution in [0.1, 0.15) is 85.0 Å². The third-order valence-corrected chi connectivity index (χ3v) is 6.63. The van der Waals surface area contributed by atoms with Crippen molar-refractivity contribution in [1.29, 1.82) is 0 Å². The van der Waals surface area contributed by atoms with Gasteiger partial charge >= 0.3 is 6.18 Å². The summed E-state index contributed by atoms with van der Waals surface area (Å²) in [6.07, 6.45) is -3.94. The lowest BCUT2D eigenvalue weighted by Gasteiger charge is -2.36. The van der Waals surface area contributed by atoms with Gasteiger partial charge in [-0.05, 0) is 42.5 Å². The zero-order chi connectivity index (χ0) is 24.7. The molecule has 4 rings (SSSR count). The van der Waals surface area contributed by atoms with Crippen molar-refractivity contribution in [2.24, 2.45) is 5.92 Å². The predicted octanol–water partition coefficient (Wildman–Crippen LogP) is 5.62. The molecule has 1 spiro atoms. The molecule has 186 valence electrons. The van der Waals surface area contributed by atoms with E-state index in [4.69, 9.17) is 19.2 Å². The number of methoxy groups -OCH3 is 1. The van der Waals surface area contributed by atoms with Gasteiger partial charge in [-0.2, -0.15) is 13.2 Å². The third kappa shape index (κ3) is 4.61. The van der Waals surface area contributed by atoms with E-state index < -0.39 is 29.5 Å². The van der Waals surface area contributed by atoms with E-state index in [0.717, 1.165) is 34.5 Å². The Balaban J connectivity index is 1.95. The second-order valence-corrected chi connectivity index (χ2v) is 9.64.